The molecule has 29 heavy (non-hydrogen) atoms. The molecular weight excluding hydrogens is 368 g/mol. The first-order chi connectivity index (χ1) is 13.9. The summed E-state index contributed by atoms with van der Waals surface area (Å²) in [6.45, 7) is 5.03. The third-order valence-electron chi connectivity index (χ3n) is 6.27. The number of anilines is 1. The lowest BCUT2D eigenvalue weighted by Crippen LogP contribution is -2.41. The molecule has 0 radical (unpaired) electrons. The average Bonchev–Trinajstić information content (AvgIpc) is 3.39. The molecule has 2 aromatic rings. The van der Waals surface area contributed by atoms with Crippen molar-refractivity contribution in [2.45, 2.75) is 32.1 Å². The van der Waals surface area contributed by atoms with Crippen LogP contribution in [0, 0.1) is 25.7 Å². The largest absolute Gasteiger partial charge is 0.360 e. The predicted molar refractivity (Wildman–Crippen MR) is 107 cm³/mol. The van der Waals surface area contributed by atoms with E-state index in [1.807, 2.05) is 31.2 Å². The molecule has 3 aliphatic heterocycles. The first-order valence-electron chi connectivity index (χ1n) is 9.89. The summed E-state index contributed by atoms with van der Waals surface area (Å²) in [4.78, 5) is 27.6. The summed E-state index contributed by atoms with van der Waals surface area (Å²) in [5.74, 6) is -0.544. The van der Waals surface area contributed by atoms with Crippen LogP contribution in [0.4, 0.5) is 5.82 Å². The first-order valence-corrected chi connectivity index (χ1v) is 9.89. The van der Waals surface area contributed by atoms with Crippen molar-refractivity contribution in [2.24, 2.45) is 11.8 Å². The number of benzene rings is 1. The van der Waals surface area contributed by atoms with Crippen LogP contribution in [-0.4, -0.2) is 51.8 Å². The first kappa shape index (κ1) is 18.1. The predicted octanol–water partition coefficient (Wildman–Crippen LogP) is 1.90. The van der Waals surface area contributed by atoms with Gasteiger partial charge in [-0.25, -0.2) is 4.68 Å². The van der Waals surface area contributed by atoms with Crippen LogP contribution in [0.2, 0.25) is 0 Å². The molecule has 2 saturated heterocycles. The standard InChI is InChI=1S/C22H24N4O3/c1-13-5-4-6-15(9-13)11-26-19(14(2)10-23-26)24-20(27)17-16-7-8-22(29-16)12-25(3)21(28)18(17)22/h4-10,16-18H,11-12H2,1-3H3,(H,24,27)/t16-,17-,18+,22-/m0/s1. The third-order valence-corrected chi connectivity index (χ3v) is 6.27. The average molecular weight is 392 g/mol. The number of hydrogen-bond acceptors (Lipinski definition) is 4. The molecule has 1 aromatic heterocycles. The highest BCUT2D eigenvalue weighted by atomic mass is 16.5. The van der Waals surface area contributed by atoms with E-state index in [1.54, 1.807) is 22.8 Å². The molecule has 4 atom stereocenters. The molecule has 0 unspecified atom stereocenters. The molecule has 2 amide bonds. The zero-order valence-corrected chi connectivity index (χ0v) is 16.8. The van der Waals surface area contributed by atoms with Crippen molar-refractivity contribution in [1.29, 1.82) is 0 Å². The summed E-state index contributed by atoms with van der Waals surface area (Å²) in [7, 11) is 1.76. The number of aryl methyl sites for hydroxylation is 2. The highest BCUT2D eigenvalue weighted by Crippen LogP contribution is 2.51. The highest BCUT2D eigenvalue weighted by Gasteiger charge is 2.66. The summed E-state index contributed by atoms with van der Waals surface area (Å²) < 4.78 is 7.89. The van der Waals surface area contributed by atoms with Crippen LogP contribution < -0.4 is 5.32 Å². The Kier molecular flexibility index (Phi) is 3.93. The Morgan fingerprint density at radius 1 is 1.38 bits per heavy atom. The smallest absolute Gasteiger partial charge is 0.232 e. The van der Waals surface area contributed by atoms with Gasteiger partial charge in [0.2, 0.25) is 11.8 Å². The molecule has 7 heteroatoms. The van der Waals surface area contributed by atoms with Crippen molar-refractivity contribution in [3.8, 4) is 0 Å². The molecular formula is C22H24N4O3. The molecule has 5 rings (SSSR count). The molecule has 3 aliphatic rings. The van der Waals surface area contributed by atoms with Gasteiger partial charge in [0.05, 0.1) is 37.2 Å². The summed E-state index contributed by atoms with van der Waals surface area (Å²) in [5, 5.41) is 7.48. The number of likely N-dealkylation sites (tertiary alicyclic amines) is 1. The second-order valence-corrected chi connectivity index (χ2v) is 8.41. The second-order valence-electron chi connectivity index (χ2n) is 8.41. The van der Waals surface area contributed by atoms with Gasteiger partial charge in [-0.3, -0.25) is 9.59 Å². The molecule has 0 aliphatic carbocycles. The van der Waals surface area contributed by atoms with E-state index in [2.05, 4.69) is 29.5 Å². The number of carbonyl (C=O) groups excluding carboxylic acids is 2. The van der Waals surface area contributed by atoms with Crippen molar-refractivity contribution < 1.29 is 14.3 Å². The fourth-order valence-electron chi connectivity index (χ4n) is 4.94. The Labute approximate surface area is 169 Å². The zero-order chi connectivity index (χ0) is 20.3. The third kappa shape index (κ3) is 2.72. The van der Waals surface area contributed by atoms with Crippen molar-refractivity contribution in [3.05, 3.63) is 59.3 Å². The Morgan fingerprint density at radius 2 is 2.21 bits per heavy atom. The van der Waals surface area contributed by atoms with Gasteiger partial charge in [-0.1, -0.05) is 42.0 Å². The summed E-state index contributed by atoms with van der Waals surface area (Å²) in [6, 6.07) is 8.21. The van der Waals surface area contributed by atoms with E-state index in [4.69, 9.17) is 4.74 Å². The maximum absolute atomic E-state index is 13.3. The van der Waals surface area contributed by atoms with Gasteiger partial charge < -0.3 is 15.0 Å². The van der Waals surface area contributed by atoms with Crippen molar-refractivity contribution in [2.75, 3.05) is 18.9 Å². The Morgan fingerprint density at radius 3 is 3.00 bits per heavy atom. The summed E-state index contributed by atoms with van der Waals surface area (Å²) in [6.07, 6.45) is 5.27. The number of nitrogens with zero attached hydrogens (tertiary/aromatic N) is 3. The Balaban J connectivity index is 1.40. The number of rotatable bonds is 4. The number of aromatic nitrogens is 2. The molecule has 0 saturated carbocycles. The monoisotopic (exact) mass is 392 g/mol. The van der Waals surface area contributed by atoms with Crippen LogP contribution in [0.5, 0.6) is 0 Å². The molecule has 4 heterocycles. The van der Waals surface area contributed by atoms with E-state index in [9.17, 15) is 9.59 Å². The highest BCUT2D eigenvalue weighted by molar-refractivity contribution is 5.99. The number of carbonyl (C=O) groups is 2. The van der Waals surface area contributed by atoms with Gasteiger partial charge in [0.1, 0.15) is 11.4 Å². The van der Waals surface area contributed by atoms with E-state index in [0.29, 0.717) is 18.9 Å². The van der Waals surface area contributed by atoms with Crippen LogP contribution in [-0.2, 0) is 20.9 Å². The number of hydrogen-bond donors (Lipinski definition) is 1. The fraction of sp³-hybridized carbons (Fsp3) is 0.409. The lowest BCUT2D eigenvalue weighted by molar-refractivity contribution is -0.134. The number of ether oxygens (including phenoxy) is 1. The van der Waals surface area contributed by atoms with Crippen molar-refractivity contribution in [1.82, 2.24) is 14.7 Å². The van der Waals surface area contributed by atoms with Gasteiger partial charge >= 0.3 is 0 Å². The number of amides is 2. The van der Waals surface area contributed by atoms with Crippen LogP contribution in [0.15, 0.2) is 42.6 Å². The maximum Gasteiger partial charge on any atom is 0.232 e. The second kappa shape index (κ2) is 6.29. The van der Waals surface area contributed by atoms with Crippen LogP contribution in [0.25, 0.3) is 0 Å². The molecule has 2 fully saturated rings. The minimum atomic E-state index is -0.657. The lowest BCUT2D eigenvalue weighted by atomic mass is 9.77. The van der Waals surface area contributed by atoms with Crippen molar-refractivity contribution in [3.63, 3.8) is 0 Å². The Hall–Kier alpha value is -2.93. The minimum absolute atomic E-state index is 0.0259. The normalized spacial score (nSPS) is 29.6. The van der Waals surface area contributed by atoms with E-state index < -0.39 is 17.4 Å². The van der Waals surface area contributed by atoms with E-state index >= 15 is 0 Å². The molecule has 1 N–H and O–H groups in total. The van der Waals surface area contributed by atoms with E-state index in [0.717, 1.165) is 11.1 Å². The topological polar surface area (TPSA) is 76.5 Å². The van der Waals surface area contributed by atoms with Gasteiger partial charge in [-0.05, 0) is 19.4 Å². The molecule has 1 aromatic carbocycles. The van der Waals surface area contributed by atoms with Crippen LogP contribution in [0.1, 0.15) is 16.7 Å². The molecule has 1 spiro atoms. The SMILES string of the molecule is Cc1cccc(Cn2ncc(C)c2NC(=O)[C@H]2[C@@H]3C=C[C@@]4(CN(C)C(=O)[C@@H]24)O3)c1. The van der Waals surface area contributed by atoms with Gasteiger partial charge in [0, 0.05) is 12.6 Å². The van der Waals surface area contributed by atoms with Crippen molar-refractivity contribution >= 4 is 17.6 Å². The summed E-state index contributed by atoms with van der Waals surface area (Å²) >= 11 is 0. The van der Waals surface area contributed by atoms with Gasteiger partial charge in [0.25, 0.3) is 0 Å². The van der Waals surface area contributed by atoms with Gasteiger partial charge in [0.15, 0.2) is 0 Å². The Bertz CT molecular complexity index is 1040. The minimum Gasteiger partial charge on any atom is -0.360 e. The van der Waals surface area contributed by atoms with Gasteiger partial charge in [-0.15, -0.1) is 0 Å². The number of fused-ring (bicyclic) bond motifs is 1. The lowest BCUT2D eigenvalue weighted by Gasteiger charge is -2.23. The zero-order valence-electron chi connectivity index (χ0n) is 16.8. The summed E-state index contributed by atoms with van der Waals surface area (Å²) in [5.41, 5.74) is 2.52. The maximum atomic E-state index is 13.3. The number of nitrogens with one attached hydrogen (secondary N) is 1. The van der Waals surface area contributed by atoms with Crippen LogP contribution >= 0.6 is 0 Å². The molecule has 7 nitrogen and oxygen atoms in total. The molecule has 150 valence electrons. The van der Waals surface area contributed by atoms with E-state index in [1.165, 1.54) is 5.56 Å². The number of likely N-dealkylation sites (N-methyl/N-ethyl adjacent to an activating group) is 1. The van der Waals surface area contributed by atoms with Crippen LogP contribution in [0.3, 0.4) is 0 Å². The molecule has 2 bridgehead atoms. The van der Waals surface area contributed by atoms with Gasteiger partial charge in [-0.2, -0.15) is 5.10 Å². The fourth-order valence-corrected chi connectivity index (χ4v) is 4.94. The quantitative estimate of drug-likeness (QED) is 0.807. The van der Waals surface area contributed by atoms with E-state index in [-0.39, 0.29) is 17.9 Å².